The van der Waals surface area contributed by atoms with Gasteiger partial charge in [-0.1, -0.05) is 0 Å². The molecule has 8 nitrogen and oxygen atoms in total. The molecule has 0 unspecified atom stereocenters. The van der Waals surface area contributed by atoms with Crippen molar-refractivity contribution in [1.29, 1.82) is 0 Å². The van der Waals surface area contributed by atoms with Crippen LogP contribution < -0.4 is 10.5 Å². The summed E-state index contributed by atoms with van der Waals surface area (Å²) in [6, 6.07) is 5.30. The molecular weight excluding hydrogens is 332 g/mol. The highest BCUT2D eigenvalue weighted by Crippen LogP contribution is 2.33. The summed E-state index contributed by atoms with van der Waals surface area (Å²) in [5, 5.41) is 6.03. The van der Waals surface area contributed by atoms with Gasteiger partial charge >= 0.3 is 0 Å². The minimum absolute atomic E-state index is 0.374. The van der Waals surface area contributed by atoms with Crippen molar-refractivity contribution in [2.75, 3.05) is 7.11 Å². The van der Waals surface area contributed by atoms with Crippen LogP contribution in [0.1, 0.15) is 23.0 Å². The van der Waals surface area contributed by atoms with Crippen LogP contribution in [0.4, 0.5) is 0 Å². The van der Waals surface area contributed by atoms with E-state index < -0.39 is 5.91 Å². The van der Waals surface area contributed by atoms with Gasteiger partial charge in [-0.25, -0.2) is 9.97 Å². The number of ether oxygens (including phenoxy) is 1. The van der Waals surface area contributed by atoms with Crippen molar-refractivity contribution in [3.8, 4) is 17.3 Å². The molecule has 0 atom stereocenters. The second kappa shape index (κ2) is 5.83. The highest BCUT2D eigenvalue weighted by molar-refractivity contribution is 6.11. The lowest BCUT2D eigenvalue weighted by Gasteiger charge is -2.04. The maximum absolute atomic E-state index is 11.6. The molecule has 8 heteroatoms. The molecular formula is C18H18N6O2. The molecule has 0 fully saturated rings. The minimum atomic E-state index is -0.514. The number of methoxy groups -OCH3 is 1. The van der Waals surface area contributed by atoms with Gasteiger partial charge in [-0.2, -0.15) is 5.10 Å². The molecule has 132 valence electrons. The first-order chi connectivity index (χ1) is 12.5. The second-order valence-electron chi connectivity index (χ2n) is 6.03. The maximum atomic E-state index is 11.6. The summed E-state index contributed by atoms with van der Waals surface area (Å²) in [4.78, 5) is 24.0. The molecule has 3 aromatic heterocycles. The molecule has 0 aliphatic heterocycles. The quantitative estimate of drug-likeness (QED) is 0.587. The lowest BCUT2D eigenvalue weighted by atomic mass is 10.1. The monoisotopic (exact) mass is 350 g/mol. The summed E-state index contributed by atoms with van der Waals surface area (Å²) < 4.78 is 7.27. The van der Waals surface area contributed by atoms with E-state index in [-0.39, 0.29) is 0 Å². The fraction of sp³-hybridized carbons (Fsp3) is 0.222. The van der Waals surface area contributed by atoms with E-state index in [1.54, 1.807) is 25.4 Å². The smallest absolute Gasteiger partial charge is 0.248 e. The molecule has 0 bridgehead atoms. The van der Waals surface area contributed by atoms with Crippen LogP contribution in [-0.4, -0.2) is 37.7 Å². The van der Waals surface area contributed by atoms with Gasteiger partial charge in [-0.15, -0.1) is 0 Å². The Balaban J connectivity index is 1.97. The van der Waals surface area contributed by atoms with Crippen LogP contribution in [-0.2, 0) is 6.54 Å². The number of hydrogen-bond donors (Lipinski definition) is 2. The third kappa shape index (κ3) is 2.38. The van der Waals surface area contributed by atoms with E-state index in [1.165, 1.54) is 0 Å². The summed E-state index contributed by atoms with van der Waals surface area (Å²) in [7, 11) is 1.55. The summed E-state index contributed by atoms with van der Waals surface area (Å²) in [6.45, 7) is 4.69. The van der Waals surface area contributed by atoms with E-state index in [4.69, 9.17) is 10.5 Å². The van der Waals surface area contributed by atoms with Gasteiger partial charge in [0.2, 0.25) is 5.91 Å². The third-order valence-corrected chi connectivity index (χ3v) is 4.36. The Morgan fingerprint density at radius 2 is 2.12 bits per heavy atom. The van der Waals surface area contributed by atoms with Crippen molar-refractivity contribution in [2.24, 2.45) is 5.73 Å². The number of primary amides is 1. The second-order valence-corrected chi connectivity index (χ2v) is 6.03. The minimum Gasteiger partial charge on any atom is -0.495 e. The van der Waals surface area contributed by atoms with Crippen molar-refractivity contribution in [1.82, 2.24) is 24.7 Å². The predicted molar refractivity (Wildman–Crippen MR) is 98.1 cm³/mol. The Bertz CT molecular complexity index is 1160. The fourth-order valence-corrected chi connectivity index (χ4v) is 3.14. The maximum Gasteiger partial charge on any atom is 0.248 e. The SMILES string of the molecule is CCn1nc(C)cc1-c1ncc2c(n1)[nH]c1c(OC)cc(C(N)=O)cc12. The van der Waals surface area contributed by atoms with Gasteiger partial charge in [-0.05, 0) is 32.0 Å². The highest BCUT2D eigenvalue weighted by atomic mass is 16.5. The topological polar surface area (TPSA) is 112 Å². The van der Waals surface area contributed by atoms with Gasteiger partial charge in [0, 0.05) is 29.1 Å². The Labute approximate surface area is 149 Å². The number of carbonyl (C=O) groups is 1. The van der Waals surface area contributed by atoms with Gasteiger partial charge in [0.05, 0.1) is 18.3 Å². The predicted octanol–water partition coefficient (Wildman–Crippen LogP) is 2.41. The molecule has 0 aliphatic carbocycles. The number of nitrogens with one attached hydrogen (secondary N) is 1. The van der Waals surface area contributed by atoms with Gasteiger partial charge in [0.25, 0.3) is 0 Å². The van der Waals surface area contributed by atoms with E-state index in [0.717, 1.165) is 34.2 Å². The van der Waals surface area contributed by atoms with Crippen LogP contribution in [0, 0.1) is 6.92 Å². The van der Waals surface area contributed by atoms with Gasteiger partial charge in [-0.3, -0.25) is 9.48 Å². The Morgan fingerprint density at radius 1 is 1.31 bits per heavy atom. The molecule has 4 rings (SSSR count). The lowest BCUT2D eigenvalue weighted by Crippen LogP contribution is -2.10. The Hall–Kier alpha value is -3.42. The number of nitrogens with two attached hydrogens (primary N) is 1. The van der Waals surface area contributed by atoms with Gasteiger partial charge in [0.1, 0.15) is 17.1 Å². The number of H-pyrrole nitrogens is 1. The molecule has 0 aliphatic rings. The number of rotatable bonds is 4. The molecule has 0 saturated heterocycles. The molecule has 0 radical (unpaired) electrons. The fourth-order valence-electron chi connectivity index (χ4n) is 3.14. The third-order valence-electron chi connectivity index (χ3n) is 4.36. The largest absolute Gasteiger partial charge is 0.495 e. The number of benzene rings is 1. The van der Waals surface area contributed by atoms with E-state index in [1.807, 2.05) is 24.6 Å². The number of nitrogens with zero attached hydrogens (tertiary/aromatic N) is 4. The van der Waals surface area contributed by atoms with E-state index in [2.05, 4.69) is 20.1 Å². The number of amides is 1. The van der Waals surface area contributed by atoms with Crippen LogP contribution in [0.5, 0.6) is 5.75 Å². The molecule has 1 aromatic carbocycles. The molecule has 3 heterocycles. The number of aromatic nitrogens is 5. The van der Waals surface area contributed by atoms with Crippen LogP contribution in [0.25, 0.3) is 33.5 Å². The first-order valence-electron chi connectivity index (χ1n) is 8.23. The molecule has 26 heavy (non-hydrogen) atoms. The summed E-state index contributed by atoms with van der Waals surface area (Å²) in [5.74, 6) is 0.602. The van der Waals surface area contributed by atoms with Crippen LogP contribution >= 0.6 is 0 Å². The Morgan fingerprint density at radius 3 is 2.81 bits per heavy atom. The number of fused-ring (bicyclic) bond motifs is 3. The zero-order chi connectivity index (χ0) is 18.4. The van der Waals surface area contributed by atoms with Crippen molar-refractivity contribution < 1.29 is 9.53 Å². The Kier molecular flexibility index (Phi) is 3.61. The number of aryl methyl sites for hydroxylation is 2. The summed E-state index contributed by atoms with van der Waals surface area (Å²) in [5.41, 5.74) is 8.98. The van der Waals surface area contributed by atoms with E-state index >= 15 is 0 Å². The van der Waals surface area contributed by atoms with E-state index in [0.29, 0.717) is 22.8 Å². The number of carbonyl (C=O) groups excluding carboxylic acids is 1. The molecule has 3 N–H and O–H groups in total. The van der Waals surface area contributed by atoms with Crippen molar-refractivity contribution in [2.45, 2.75) is 20.4 Å². The molecule has 0 saturated carbocycles. The molecule has 4 aromatic rings. The normalized spacial score (nSPS) is 11.3. The molecule has 1 amide bonds. The standard InChI is InChI=1S/C18H18N6O2/c1-4-24-13(5-9(2)23-24)18-20-8-12-11-6-10(16(19)25)7-14(26-3)15(11)21-17(12)22-18/h5-8H,4H2,1-3H3,(H2,19,25)(H,20,21,22). The highest BCUT2D eigenvalue weighted by Gasteiger charge is 2.16. The zero-order valence-electron chi connectivity index (χ0n) is 14.7. The van der Waals surface area contributed by atoms with Crippen molar-refractivity contribution >= 4 is 27.8 Å². The molecule has 0 spiro atoms. The van der Waals surface area contributed by atoms with Gasteiger partial charge < -0.3 is 15.5 Å². The van der Waals surface area contributed by atoms with E-state index in [9.17, 15) is 4.79 Å². The van der Waals surface area contributed by atoms with Crippen molar-refractivity contribution in [3.63, 3.8) is 0 Å². The summed E-state index contributed by atoms with van der Waals surface area (Å²) in [6.07, 6.45) is 1.74. The first-order valence-corrected chi connectivity index (χ1v) is 8.23. The van der Waals surface area contributed by atoms with Gasteiger partial charge in [0.15, 0.2) is 5.82 Å². The lowest BCUT2D eigenvalue weighted by molar-refractivity contribution is 0.1000. The van der Waals surface area contributed by atoms with Crippen LogP contribution in [0.2, 0.25) is 0 Å². The summed E-state index contributed by atoms with van der Waals surface area (Å²) >= 11 is 0. The van der Waals surface area contributed by atoms with Crippen LogP contribution in [0.3, 0.4) is 0 Å². The van der Waals surface area contributed by atoms with Crippen molar-refractivity contribution in [3.05, 3.63) is 35.7 Å². The number of hydrogen-bond acceptors (Lipinski definition) is 5. The van der Waals surface area contributed by atoms with Crippen LogP contribution in [0.15, 0.2) is 24.4 Å². The average Bonchev–Trinajstić information content (AvgIpc) is 3.20. The average molecular weight is 350 g/mol. The zero-order valence-corrected chi connectivity index (χ0v) is 14.7. The number of aromatic amines is 1. The first kappa shape index (κ1) is 16.1.